The molecular formula is C33H28ClFN2O5S. The van der Waals surface area contributed by atoms with E-state index in [1.54, 1.807) is 62.4 Å². The fourth-order valence-corrected chi connectivity index (χ4v) is 7.81. The number of halogens is 2. The lowest BCUT2D eigenvalue weighted by Crippen LogP contribution is -2.17. The molecule has 43 heavy (non-hydrogen) atoms. The number of aryl methyl sites for hydroxylation is 3. The Bertz CT molecular complexity index is 2090. The molecule has 1 heterocycles. The predicted octanol–water partition coefficient (Wildman–Crippen LogP) is 6.99. The van der Waals surface area contributed by atoms with E-state index in [0.29, 0.717) is 32.5 Å². The SMILES string of the molecule is Cc1cc(C)c(S(=O)(=O)n2cc(C(=O)COc3cc4ccc(Cl)cc4cc3C(N)=O)c3ccc(C4CC4)c(F)c32)c(C)c1. The number of Topliss-reactive ketones (excluding diaryl/α,β-unsaturated/α-hetero) is 1. The molecule has 0 atom stereocenters. The number of ether oxygens (including phenoxy) is 1. The van der Waals surface area contributed by atoms with Crippen LogP contribution in [0.5, 0.6) is 5.75 Å². The quantitative estimate of drug-likeness (QED) is 0.189. The molecule has 0 radical (unpaired) electrons. The van der Waals surface area contributed by atoms with E-state index in [2.05, 4.69) is 0 Å². The summed E-state index contributed by atoms with van der Waals surface area (Å²) in [6, 6.07) is 14.9. The lowest BCUT2D eigenvalue weighted by Gasteiger charge is -2.15. The molecule has 2 N–H and O–H groups in total. The van der Waals surface area contributed by atoms with Gasteiger partial charge in [0.2, 0.25) is 5.78 Å². The summed E-state index contributed by atoms with van der Waals surface area (Å²) in [5, 5.41) is 2.01. The highest BCUT2D eigenvalue weighted by molar-refractivity contribution is 7.90. The van der Waals surface area contributed by atoms with E-state index in [0.717, 1.165) is 22.4 Å². The summed E-state index contributed by atoms with van der Waals surface area (Å²) >= 11 is 6.08. The summed E-state index contributed by atoms with van der Waals surface area (Å²) in [5.74, 6) is -1.92. The molecule has 5 aromatic rings. The van der Waals surface area contributed by atoms with Crippen LogP contribution in [0.3, 0.4) is 0 Å². The second-order valence-electron chi connectivity index (χ2n) is 11.1. The van der Waals surface area contributed by atoms with Gasteiger partial charge in [-0.1, -0.05) is 47.5 Å². The summed E-state index contributed by atoms with van der Waals surface area (Å²) < 4.78 is 51.0. The zero-order valence-corrected chi connectivity index (χ0v) is 25.3. The summed E-state index contributed by atoms with van der Waals surface area (Å²) in [4.78, 5) is 25.9. The monoisotopic (exact) mass is 618 g/mol. The predicted molar refractivity (Wildman–Crippen MR) is 164 cm³/mol. The Morgan fingerprint density at radius 3 is 2.33 bits per heavy atom. The third-order valence-electron chi connectivity index (χ3n) is 7.87. The standard InChI is InChI=1S/C33H28ClFN2O5S/c1-17-10-18(2)32(19(3)11-17)43(40,41)37-15-27(25-9-8-24(20-4-5-20)30(35)31(25)37)28(38)16-42-29-14-21-6-7-23(34)12-22(21)13-26(29)33(36)39/h6-15,20H,4-5,16H2,1-3H3,(H2,36,39). The topological polar surface area (TPSA) is 108 Å². The first-order valence-corrected chi connectivity index (χ1v) is 15.5. The zero-order chi connectivity index (χ0) is 30.8. The van der Waals surface area contributed by atoms with Crippen molar-refractivity contribution in [2.45, 2.75) is 44.4 Å². The van der Waals surface area contributed by atoms with Gasteiger partial charge in [0.05, 0.1) is 10.5 Å². The number of carbonyl (C=O) groups excluding carboxylic acids is 2. The molecule has 1 fully saturated rings. The van der Waals surface area contributed by atoms with Crippen molar-refractivity contribution in [3.05, 3.63) is 105 Å². The number of primary amides is 1. The van der Waals surface area contributed by atoms with E-state index >= 15 is 4.39 Å². The number of rotatable bonds is 8. The molecule has 1 aliphatic rings. The molecule has 0 saturated heterocycles. The number of benzene rings is 4. The van der Waals surface area contributed by atoms with Gasteiger partial charge in [0.15, 0.2) is 12.4 Å². The van der Waals surface area contributed by atoms with Crippen molar-refractivity contribution in [2.75, 3.05) is 6.61 Å². The third-order valence-corrected chi connectivity index (χ3v) is 10.1. The van der Waals surface area contributed by atoms with Crippen molar-refractivity contribution in [1.82, 2.24) is 3.97 Å². The molecule has 7 nitrogen and oxygen atoms in total. The highest BCUT2D eigenvalue weighted by Gasteiger charge is 2.33. The fraction of sp³-hybridized carbons (Fsp3) is 0.212. The number of nitrogens with zero attached hydrogens (tertiary/aromatic N) is 1. The zero-order valence-electron chi connectivity index (χ0n) is 23.7. The van der Waals surface area contributed by atoms with Crippen LogP contribution >= 0.6 is 11.6 Å². The van der Waals surface area contributed by atoms with Gasteiger partial charge in [-0.3, -0.25) is 9.59 Å². The van der Waals surface area contributed by atoms with Gasteiger partial charge in [-0.15, -0.1) is 0 Å². The number of hydrogen-bond donors (Lipinski definition) is 1. The van der Waals surface area contributed by atoms with Crippen LogP contribution < -0.4 is 10.5 Å². The van der Waals surface area contributed by atoms with Crippen molar-refractivity contribution in [2.24, 2.45) is 5.73 Å². The Balaban J connectivity index is 1.45. The van der Waals surface area contributed by atoms with Crippen LogP contribution in [0.15, 0.2) is 65.7 Å². The van der Waals surface area contributed by atoms with Gasteiger partial charge >= 0.3 is 0 Å². The molecule has 0 bridgehead atoms. The number of amides is 1. The van der Waals surface area contributed by atoms with Gasteiger partial charge in [-0.2, -0.15) is 0 Å². The number of aromatic nitrogens is 1. The van der Waals surface area contributed by atoms with E-state index < -0.39 is 34.1 Å². The molecule has 0 spiro atoms. The number of ketones is 1. The van der Waals surface area contributed by atoms with Crippen LogP contribution in [-0.2, 0) is 10.0 Å². The third kappa shape index (κ3) is 5.06. The summed E-state index contributed by atoms with van der Waals surface area (Å²) in [6.07, 6.45) is 2.79. The van der Waals surface area contributed by atoms with E-state index in [9.17, 15) is 18.0 Å². The van der Waals surface area contributed by atoms with Gasteiger partial charge < -0.3 is 10.5 Å². The summed E-state index contributed by atoms with van der Waals surface area (Å²) in [5.41, 5.74) is 7.81. The number of nitrogens with two attached hydrogens (primary N) is 1. The fourth-order valence-electron chi connectivity index (χ4n) is 5.84. The smallest absolute Gasteiger partial charge is 0.268 e. The average Bonchev–Trinajstić information content (AvgIpc) is 3.69. The van der Waals surface area contributed by atoms with Gasteiger partial charge in [-0.05, 0) is 91.3 Å². The van der Waals surface area contributed by atoms with Crippen molar-refractivity contribution < 1.29 is 27.1 Å². The largest absolute Gasteiger partial charge is 0.485 e. The van der Waals surface area contributed by atoms with Crippen LogP contribution in [0, 0.1) is 26.6 Å². The molecule has 1 amide bonds. The van der Waals surface area contributed by atoms with Crippen molar-refractivity contribution >= 4 is 55.0 Å². The van der Waals surface area contributed by atoms with Crippen molar-refractivity contribution in [3.63, 3.8) is 0 Å². The minimum absolute atomic E-state index is 0.00999. The number of carbonyl (C=O) groups is 2. The van der Waals surface area contributed by atoms with Gasteiger partial charge in [0.1, 0.15) is 11.3 Å². The molecule has 6 rings (SSSR count). The van der Waals surface area contributed by atoms with Gasteiger partial charge in [0.25, 0.3) is 15.9 Å². The maximum absolute atomic E-state index is 16.1. The van der Waals surface area contributed by atoms with E-state index in [1.165, 1.54) is 12.3 Å². The Morgan fingerprint density at radius 2 is 1.67 bits per heavy atom. The van der Waals surface area contributed by atoms with E-state index in [4.69, 9.17) is 22.1 Å². The molecule has 1 aromatic heterocycles. The lowest BCUT2D eigenvalue weighted by atomic mass is 10.0. The molecule has 1 aliphatic carbocycles. The molecule has 10 heteroatoms. The molecule has 220 valence electrons. The Labute approximate surface area is 253 Å². The second-order valence-corrected chi connectivity index (χ2v) is 13.3. The molecule has 0 unspecified atom stereocenters. The van der Waals surface area contributed by atoms with Crippen LogP contribution in [0.2, 0.25) is 5.02 Å². The average molecular weight is 619 g/mol. The second kappa shape index (κ2) is 10.5. The van der Waals surface area contributed by atoms with E-state index in [1.807, 2.05) is 6.92 Å². The summed E-state index contributed by atoms with van der Waals surface area (Å²) in [7, 11) is -4.30. The van der Waals surface area contributed by atoms with E-state index in [-0.39, 0.29) is 38.6 Å². The van der Waals surface area contributed by atoms with Crippen molar-refractivity contribution in [1.29, 1.82) is 0 Å². The Morgan fingerprint density at radius 1 is 0.977 bits per heavy atom. The highest BCUT2D eigenvalue weighted by atomic mass is 35.5. The first-order valence-electron chi connectivity index (χ1n) is 13.7. The van der Waals surface area contributed by atoms with Gasteiger partial charge in [-0.25, -0.2) is 16.8 Å². The van der Waals surface area contributed by atoms with Crippen LogP contribution in [0.1, 0.15) is 61.7 Å². The molecular weight excluding hydrogens is 591 g/mol. The molecule has 4 aromatic carbocycles. The van der Waals surface area contributed by atoms with Gasteiger partial charge in [0, 0.05) is 22.2 Å². The summed E-state index contributed by atoms with van der Waals surface area (Å²) in [6.45, 7) is 4.71. The van der Waals surface area contributed by atoms with Crippen LogP contribution in [0.4, 0.5) is 4.39 Å². The van der Waals surface area contributed by atoms with Crippen LogP contribution in [-0.4, -0.2) is 30.7 Å². The Kier molecular flexibility index (Phi) is 7.06. The normalized spacial score (nSPS) is 13.5. The minimum atomic E-state index is -4.30. The number of fused-ring (bicyclic) bond motifs is 2. The lowest BCUT2D eigenvalue weighted by molar-refractivity contribution is 0.0914. The molecule has 1 saturated carbocycles. The highest BCUT2D eigenvalue weighted by Crippen LogP contribution is 2.44. The Hall–Kier alpha value is -4.21. The molecule has 0 aliphatic heterocycles. The van der Waals surface area contributed by atoms with Crippen molar-refractivity contribution in [3.8, 4) is 5.75 Å². The van der Waals surface area contributed by atoms with Crippen LogP contribution in [0.25, 0.3) is 21.7 Å². The maximum atomic E-state index is 16.1. The first-order chi connectivity index (χ1) is 20.4. The first kappa shape index (κ1) is 28.9. The maximum Gasteiger partial charge on any atom is 0.268 e. The minimum Gasteiger partial charge on any atom is -0.485 e. The number of hydrogen-bond acceptors (Lipinski definition) is 5.